The lowest BCUT2D eigenvalue weighted by molar-refractivity contribution is -0.0823. The van der Waals surface area contributed by atoms with Crippen molar-refractivity contribution in [2.45, 2.75) is 129 Å². The normalized spacial score (nSPS) is 48.5. The van der Waals surface area contributed by atoms with Crippen molar-refractivity contribution < 1.29 is 10.2 Å². The number of hydrogen-bond acceptors (Lipinski definition) is 2. The molecule has 0 radical (unpaired) electrons. The van der Waals surface area contributed by atoms with Gasteiger partial charge in [-0.15, -0.1) is 0 Å². The molecule has 182 valence electrons. The van der Waals surface area contributed by atoms with Gasteiger partial charge in [-0.1, -0.05) is 65.0 Å². The third kappa shape index (κ3) is 3.65. The van der Waals surface area contributed by atoms with E-state index in [1.165, 1.54) is 64.2 Å². The van der Waals surface area contributed by atoms with E-state index in [-0.39, 0.29) is 6.10 Å². The monoisotopic (exact) mass is 442 g/mol. The highest BCUT2D eigenvalue weighted by Crippen LogP contribution is 2.68. The van der Waals surface area contributed by atoms with E-state index in [4.69, 9.17) is 0 Å². The number of rotatable bonds is 5. The van der Waals surface area contributed by atoms with Gasteiger partial charge < -0.3 is 10.2 Å². The zero-order valence-electron chi connectivity index (χ0n) is 21.4. The molecular weight excluding hydrogens is 392 g/mol. The highest BCUT2D eigenvalue weighted by atomic mass is 16.3. The molecule has 2 unspecified atom stereocenters. The molecule has 9 atom stereocenters. The van der Waals surface area contributed by atoms with Crippen LogP contribution in [-0.4, -0.2) is 21.9 Å². The fraction of sp³-hybridized carbons (Fsp3) is 0.933. The minimum Gasteiger partial charge on any atom is -0.393 e. The Labute approximate surface area is 197 Å². The van der Waals surface area contributed by atoms with E-state index in [1.54, 1.807) is 5.57 Å². The number of allylic oxidation sites excluding steroid dienone is 1. The van der Waals surface area contributed by atoms with Crippen LogP contribution in [0.5, 0.6) is 0 Å². The maximum atomic E-state index is 11.2. The summed E-state index contributed by atoms with van der Waals surface area (Å²) in [7, 11) is 0. The SMILES string of the molecule is CC[C@]1(O)CC[C@@]2(C)C(=CC[C@H]3[C@@H]4CC[C@H](C(C)C(O)CC5CCCC5)[C@@]4(C)CC[C@@H]32)C1. The molecule has 5 aliphatic carbocycles. The van der Waals surface area contributed by atoms with Crippen LogP contribution < -0.4 is 0 Å². The Morgan fingerprint density at radius 2 is 1.75 bits per heavy atom. The zero-order chi connectivity index (χ0) is 22.7. The van der Waals surface area contributed by atoms with Crippen LogP contribution in [-0.2, 0) is 0 Å². The van der Waals surface area contributed by atoms with Gasteiger partial charge in [-0.25, -0.2) is 0 Å². The largest absolute Gasteiger partial charge is 0.393 e. The van der Waals surface area contributed by atoms with Crippen molar-refractivity contribution in [3.8, 4) is 0 Å². The van der Waals surface area contributed by atoms with E-state index in [9.17, 15) is 10.2 Å². The van der Waals surface area contributed by atoms with Gasteiger partial charge >= 0.3 is 0 Å². The Bertz CT molecular complexity index is 722. The third-order valence-electron chi connectivity index (χ3n) is 12.3. The molecular formula is C30H50O2. The molecule has 0 amide bonds. The number of hydrogen-bond donors (Lipinski definition) is 2. The van der Waals surface area contributed by atoms with E-state index in [0.717, 1.165) is 49.4 Å². The summed E-state index contributed by atoms with van der Waals surface area (Å²) in [4.78, 5) is 0. The van der Waals surface area contributed by atoms with Crippen molar-refractivity contribution in [1.82, 2.24) is 0 Å². The van der Waals surface area contributed by atoms with Gasteiger partial charge in [0.2, 0.25) is 0 Å². The molecule has 0 aromatic rings. The lowest BCUT2D eigenvalue weighted by Crippen LogP contribution is -2.52. The summed E-state index contributed by atoms with van der Waals surface area (Å²) in [6.07, 6.45) is 19.6. The first-order valence-electron chi connectivity index (χ1n) is 14.3. The van der Waals surface area contributed by atoms with E-state index < -0.39 is 5.60 Å². The molecule has 0 saturated heterocycles. The second-order valence-electron chi connectivity index (χ2n) is 13.6. The third-order valence-corrected chi connectivity index (χ3v) is 12.3. The van der Waals surface area contributed by atoms with Gasteiger partial charge in [0.1, 0.15) is 0 Å². The minimum absolute atomic E-state index is 0.100. The fourth-order valence-corrected chi connectivity index (χ4v) is 9.99. The molecule has 2 heteroatoms. The molecule has 2 nitrogen and oxygen atoms in total. The highest BCUT2D eigenvalue weighted by molar-refractivity contribution is 5.27. The second kappa shape index (κ2) is 8.40. The summed E-state index contributed by atoms with van der Waals surface area (Å²) in [5.74, 6) is 4.37. The number of aliphatic hydroxyl groups is 2. The smallest absolute Gasteiger partial charge is 0.0682 e. The summed E-state index contributed by atoms with van der Waals surface area (Å²) >= 11 is 0. The van der Waals surface area contributed by atoms with E-state index in [1.807, 2.05) is 0 Å². The van der Waals surface area contributed by atoms with Gasteiger partial charge in [0.05, 0.1) is 11.7 Å². The predicted molar refractivity (Wildman–Crippen MR) is 132 cm³/mol. The first-order chi connectivity index (χ1) is 15.2. The van der Waals surface area contributed by atoms with Crippen LogP contribution in [0.25, 0.3) is 0 Å². The number of aliphatic hydroxyl groups excluding tert-OH is 1. The first kappa shape index (κ1) is 23.4. The Morgan fingerprint density at radius 3 is 2.47 bits per heavy atom. The Hall–Kier alpha value is -0.340. The topological polar surface area (TPSA) is 40.5 Å². The zero-order valence-corrected chi connectivity index (χ0v) is 21.4. The maximum absolute atomic E-state index is 11.2. The molecule has 2 N–H and O–H groups in total. The molecule has 0 aromatic heterocycles. The average molecular weight is 443 g/mol. The molecule has 5 aliphatic rings. The van der Waals surface area contributed by atoms with Gasteiger partial charge in [0.25, 0.3) is 0 Å². The van der Waals surface area contributed by atoms with Gasteiger partial charge in [-0.05, 0) is 111 Å². The summed E-state index contributed by atoms with van der Waals surface area (Å²) in [5, 5.41) is 22.2. The van der Waals surface area contributed by atoms with Crippen LogP contribution in [0.3, 0.4) is 0 Å². The van der Waals surface area contributed by atoms with Gasteiger partial charge in [-0.2, -0.15) is 0 Å². The molecule has 4 saturated carbocycles. The van der Waals surface area contributed by atoms with Gasteiger partial charge in [0.15, 0.2) is 0 Å². The van der Waals surface area contributed by atoms with Crippen LogP contribution >= 0.6 is 0 Å². The molecule has 4 fully saturated rings. The summed E-state index contributed by atoms with van der Waals surface area (Å²) in [6, 6.07) is 0. The van der Waals surface area contributed by atoms with Crippen LogP contribution in [0.4, 0.5) is 0 Å². The van der Waals surface area contributed by atoms with Crippen molar-refractivity contribution in [2.24, 2.45) is 46.3 Å². The quantitative estimate of drug-likeness (QED) is 0.439. The van der Waals surface area contributed by atoms with E-state index in [2.05, 4.69) is 33.8 Å². The minimum atomic E-state index is -0.454. The standard InChI is InChI=1S/C30H50O2/c1-5-30(32)17-16-28(3)22(19-30)10-11-23-25-13-12-24(29(25,4)15-14-26(23)28)20(2)27(31)18-21-8-6-7-9-21/h10,20-21,23-27,31-32H,5-9,11-19H2,1-4H3/t20?,23-,24+,25-,26-,27?,28-,29+,30-/m0/s1. The van der Waals surface area contributed by atoms with Gasteiger partial charge in [-0.3, -0.25) is 0 Å². The van der Waals surface area contributed by atoms with Crippen molar-refractivity contribution >= 4 is 0 Å². The summed E-state index contributed by atoms with van der Waals surface area (Å²) < 4.78 is 0. The van der Waals surface area contributed by atoms with Gasteiger partial charge in [0, 0.05) is 0 Å². The molecule has 5 rings (SSSR count). The van der Waals surface area contributed by atoms with E-state index >= 15 is 0 Å². The van der Waals surface area contributed by atoms with Crippen LogP contribution in [0, 0.1) is 46.3 Å². The van der Waals surface area contributed by atoms with Crippen LogP contribution in [0.1, 0.15) is 118 Å². The van der Waals surface area contributed by atoms with Crippen LogP contribution in [0.15, 0.2) is 11.6 Å². The summed E-state index contributed by atoms with van der Waals surface area (Å²) in [6.45, 7) is 9.70. The number of fused-ring (bicyclic) bond motifs is 5. The lowest BCUT2D eigenvalue weighted by Gasteiger charge is -2.59. The Morgan fingerprint density at radius 1 is 1.00 bits per heavy atom. The van der Waals surface area contributed by atoms with Crippen molar-refractivity contribution in [3.05, 3.63) is 11.6 Å². The average Bonchev–Trinajstić information content (AvgIpc) is 3.41. The molecule has 0 aromatic carbocycles. The predicted octanol–water partition coefficient (Wildman–Crippen LogP) is 7.28. The molecule has 0 bridgehead atoms. The fourth-order valence-electron chi connectivity index (χ4n) is 9.99. The molecule has 0 aliphatic heterocycles. The highest BCUT2D eigenvalue weighted by Gasteiger charge is 2.60. The van der Waals surface area contributed by atoms with Crippen LogP contribution in [0.2, 0.25) is 0 Å². The molecule has 0 heterocycles. The first-order valence-corrected chi connectivity index (χ1v) is 14.3. The second-order valence-corrected chi connectivity index (χ2v) is 13.6. The molecule has 32 heavy (non-hydrogen) atoms. The lowest BCUT2D eigenvalue weighted by atomic mass is 9.46. The molecule has 0 spiro atoms. The Balaban J connectivity index is 1.32. The Kier molecular flexibility index (Phi) is 6.14. The maximum Gasteiger partial charge on any atom is 0.0682 e. The van der Waals surface area contributed by atoms with Crippen molar-refractivity contribution in [1.29, 1.82) is 0 Å². The van der Waals surface area contributed by atoms with E-state index in [0.29, 0.717) is 22.7 Å². The summed E-state index contributed by atoms with van der Waals surface area (Å²) in [5.41, 5.74) is 1.87. The van der Waals surface area contributed by atoms with Crippen molar-refractivity contribution in [3.63, 3.8) is 0 Å². The van der Waals surface area contributed by atoms with Crippen molar-refractivity contribution in [2.75, 3.05) is 0 Å².